The van der Waals surface area contributed by atoms with E-state index in [0.29, 0.717) is 12.2 Å². The molecule has 1 amide bonds. The maximum absolute atomic E-state index is 12.1. The van der Waals surface area contributed by atoms with E-state index in [9.17, 15) is 4.79 Å². The van der Waals surface area contributed by atoms with Gasteiger partial charge in [0.2, 0.25) is 0 Å². The molecule has 102 valence electrons. The Bertz CT molecular complexity index is 673. The summed E-state index contributed by atoms with van der Waals surface area (Å²) >= 11 is 3.47. The molecule has 0 aliphatic carbocycles. The first-order valence-corrected chi connectivity index (χ1v) is 7.01. The van der Waals surface area contributed by atoms with Crippen molar-refractivity contribution in [3.05, 3.63) is 52.5 Å². The highest BCUT2D eigenvalue weighted by Crippen LogP contribution is 2.34. The minimum absolute atomic E-state index is 0.0574. The van der Waals surface area contributed by atoms with Crippen LogP contribution in [0.1, 0.15) is 5.56 Å². The lowest BCUT2D eigenvalue weighted by Gasteiger charge is -2.29. The Hall–Kier alpha value is -2.01. The van der Waals surface area contributed by atoms with Crippen molar-refractivity contribution < 1.29 is 9.53 Å². The molecule has 1 heterocycles. The Morgan fingerprint density at radius 2 is 2.00 bits per heavy atom. The molecular weight excluding hydrogens is 320 g/mol. The Morgan fingerprint density at radius 3 is 2.85 bits per heavy atom. The summed E-state index contributed by atoms with van der Waals surface area (Å²) in [6.45, 7) is 0.530. The molecule has 0 saturated heterocycles. The average Bonchev–Trinajstić information content (AvgIpc) is 2.46. The van der Waals surface area contributed by atoms with Crippen molar-refractivity contribution in [3.63, 3.8) is 0 Å². The van der Waals surface area contributed by atoms with Crippen LogP contribution in [-0.4, -0.2) is 12.5 Å². The molecule has 1 aliphatic heterocycles. The van der Waals surface area contributed by atoms with E-state index in [4.69, 9.17) is 10.5 Å². The summed E-state index contributed by atoms with van der Waals surface area (Å²) in [5.74, 6) is 0.671. The molecule has 2 aromatic carbocycles. The number of nitrogens with zero attached hydrogens (tertiary/aromatic N) is 1. The van der Waals surface area contributed by atoms with E-state index in [1.54, 1.807) is 4.90 Å². The number of fused-ring (bicyclic) bond motifs is 1. The van der Waals surface area contributed by atoms with Crippen LogP contribution >= 0.6 is 15.9 Å². The van der Waals surface area contributed by atoms with Crippen LogP contribution in [0.4, 0.5) is 11.4 Å². The van der Waals surface area contributed by atoms with E-state index in [1.165, 1.54) is 0 Å². The number of anilines is 2. The third-order valence-corrected chi connectivity index (χ3v) is 4.21. The highest BCUT2D eigenvalue weighted by atomic mass is 79.9. The Balaban J connectivity index is 1.98. The molecule has 1 aliphatic rings. The molecule has 0 radical (unpaired) electrons. The number of hydrogen-bond donors (Lipinski definition) is 1. The fourth-order valence-electron chi connectivity index (χ4n) is 2.22. The predicted molar refractivity (Wildman–Crippen MR) is 81.7 cm³/mol. The molecule has 20 heavy (non-hydrogen) atoms. The molecule has 3 rings (SSSR count). The average molecular weight is 333 g/mol. The van der Waals surface area contributed by atoms with Crippen molar-refractivity contribution in [2.75, 3.05) is 17.2 Å². The minimum atomic E-state index is -0.0574. The van der Waals surface area contributed by atoms with Gasteiger partial charge in [-0.2, -0.15) is 0 Å². The summed E-state index contributed by atoms with van der Waals surface area (Å²) in [5, 5.41) is 0. The van der Waals surface area contributed by atoms with Gasteiger partial charge in [0.15, 0.2) is 6.61 Å². The summed E-state index contributed by atoms with van der Waals surface area (Å²) in [7, 11) is 0. The zero-order valence-corrected chi connectivity index (χ0v) is 12.3. The maximum Gasteiger partial charge on any atom is 0.265 e. The zero-order chi connectivity index (χ0) is 14.1. The van der Waals surface area contributed by atoms with Gasteiger partial charge in [-0.1, -0.05) is 24.3 Å². The first-order chi connectivity index (χ1) is 9.66. The van der Waals surface area contributed by atoms with Crippen molar-refractivity contribution in [2.24, 2.45) is 0 Å². The van der Waals surface area contributed by atoms with Gasteiger partial charge in [0.05, 0.1) is 12.2 Å². The molecule has 5 heteroatoms. The van der Waals surface area contributed by atoms with Gasteiger partial charge in [-0.25, -0.2) is 0 Å². The number of halogens is 1. The van der Waals surface area contributed by atoms with E-state index in [-0.39, 0.29) is 12.5 Å². The molecule has 0 unspecified atom stereocenters. The standard InChI is InChI=1S/C15H13BrN2O2/c16-15-10(4-3-5-11(15)17)8-18-12-6-1-2-7-13(12)20-9-14(18)19/h1-7H,8-9,17H2. The minimum Gasteiger partial charge on any atom is -0.482 e. The van der Waals surface area contributed by atoms with Crippen LogP contribution in [0.25, 0.3) is 0 Å². The molecule has 0 atom stereocenters. The van der Waals surface area contributed by atoms with Gasteiger partial charge < -0.3 is 15.4 Å². The van der Waals surface area contributed by atoms with E-state index in [2.05, 4.69) is 15.9 Å². The molecule has 4 nitrogen and oxygen atoms in total. The van der Waals surface area contributed by atoms with Crippen LogP contribution in [0, 0.1) is 0 Å². The smallest absolute Gasteiger partial charge is 0.265 e. The lowest BCUT2D eigenvalue weighted by atomic mass is 10.1. The molecule has 0 fully saturated rings. The predicted octanol–water partition coefficient (Wildman–Crippen LogP) is 2.96. The summed E-state index contributed by atoms with van der Waals surface area (Å²) in [6, 6.07) is 13.2. The monoisotopic (exact) mass is 332 g/mol. The van der Waals surface area contributed by atoms with E-state index in [1.807, 2.05) is 42.5 Å². The Kier molecular flexibility index (Phi) is 3.36. The van der Waals surface area contributed by atoms with Crippen LogP contribution < -0.4 is 15.4 Å². The fourth-order valence-corrected chi connectivity index (χ4v) is 2.61. The number of para-hydroxylation sites is 2. The summed E-state index contributed by atoms with van der Waals surface area (Å²) < 4.78 is 6.26. The number of carbonyl (C=O) groups is 1. The molecule has 2 N–H and O–H groups in total. The number of benzene rings is 2. The van der Waals surface area contributed by atoms with Crippen molar-refractivity contribution in [2.45, 2.75) is 6.54 Å². The SMILES string of the molecule is Nc1cccc(CN2C(=O)COc3ccccc32)c1Br. The molecule has 2 aromatic rings. The highest BCUT2D eigenvalue weighted by molar-refractivity contribution is 9.10. The lowest BCUT2D eigenvalue weighted by molar-refractivity contribution is -0.121. The normalized spacial score (nSPS) is 13.8. The van der Waals surface area contributed by atoms with Gasteiger partial charge >= 0.3 is 0 Å². The number of carbonyl (C=O) groups excluding carboxylic acids is 1. The topological polar surface area (TPSA) is 55.6 Å². The molecule has 0 spiro atoms. The lowest BCUT2D eigenvalue weighted by Crippen LogP contribution is -2.38. The Morgan fingerprint density at radius 1 is 1.20 bits per heavy atom. The zero-order valence-electron chi connectivity index (χ0n) is 10.7. The Labute approximate surface area is 125 Å². The number of hydrogen-bond acceptors (Lipinski definition) is 3. The second-order valence-corrected chi connectivity index (χ2v) is 5.35. The van der Waals surface area contributed by atoms with E-state index in [0.717, 1.165) is 21.5 Å². The molecule has 0 saturated carbocycles. The van der Waals surface area contributed by atoms with Gasteiger partial charge in [-0.05, 0) is 39.7 Å². The number of ether oxygens (including phenoxy) is 1. The highest BCUT2D eigenvalue weighted by Gasteiger charge is 2.25. The van der Waals surface area contributed by atoms with Crippen LogP contribution in [0.3, 0.4) is 0 Å². The molecule has 0 bridgehead atoms. The van der Waals surface area contributed by atoms with Crippen LogP contribution in [-0.2, 0) is 11.3 Å². The van der Waals surface area contributed by atoms with Crippen molar-refractivity contribution in [1.82, 2.24) is 0 Å². The van der Waals surface area contributed by atoms with E-state index >= 15 is 0 Å². The van der Waals surface area contributed by atoms with Crippen molar-refractivity contribution in [1.29, 1.82) is 0 Å². The van der Waals surface area contributed by atoms with Gasteiger partial charge in [0, 0.05) is 10.2 Å². The summed E-state index contributed by atoms with van der Waals surface area (Å²) in [6.07, 6.45) is 0. The largest absolute Gasteiger partial charge is 0.482 e. The van der Waals surface area contributed by atoms with Crippen molar-refractivity contribution in [3.8, 4) is 5.75 Å². The maximum atomic E-state index is 12.1. The van der Waals surface area contributed by atoms with Gasteiger partial charge in [-0.3, -0.25) is 4.79 Å². The van der Waals surface area contributed by atoms with Gasteiger partial charge in [-0.15, -0.1) is 0 Å². The number of nitrogen functional groups attached to an aromatic ring is 1. The second kappa shape index (κ2) is 5.17. The van der Waals surface area contributed by atoms with Gasteiger partial charge in [0.25, 0.3) is 5.91 Å². The van der Waals surface area contributed by atoms with Crippen LogP contribution in [0.15, 0.2) is 46.9 Å². The molecule has 0 aromatic heterocycles. The summed E-state index contributed by atoms with van der Waals surface area (Å²) in [5.41, 5.74) is 8.30. The third kappa shape index (κ3) is 2.25. The second-order valence-electron chi connectivity index (χ2n) is 4.56. The number of amides is 1. The summed E-state index contributed by atoms with van der Waals surface area (Å²) in [4.78, 5) is 13.8. The number of nitrogens with two attached hydrogens (primary N) is 1. The van der Waals surface area contributed by atoms with Crippen molar-refractivity contribution >= 4 is 33.2 Å². The third-order valence-electron chi connectivity index (χ3n) is 3.25. The first-order valence-electron chi connectivity index (χ1n) is 6.22. The fraction of sp³-hybridized carbons (Fsp3) is 0.133. The first kappa shape index (κ1) is 13.0. The quantitative estimate of drug-likeness (QED) is 0.860. The number of rotatable bonds is 2. The van der Waals surface area contributed by atoms with Crippen LogP contribution in [0.2, 0.25) is 0 Å². The van der Waals surface area contributed by atoms with Gasteiger partial charge in [0.1, 0.15) is 5.75 Å². The van der Waals surface area contributed by atoms with Crippen LogP contribution in [0.5, 0.6) is 5.75 Å². The van der Waals surface area contributed by atoms with E-state index < -0.39 is 0 Å². The molecular formula is C15H13BrN2O2.